The molecule has 0 saturated heterocycles. The Bertz CT molecular complexity index is 1140. The third-order valence-electron chi connectivity index (χ3n) is 4.24. The van der Waals surface area contributed by atoms with E-state index in [2.05, 4.69) is 15.6 Å². The molecule has 0 bridgehead atoms. The topological polar surface area (TPSA) is 149 Å². The highest BCUT2D eigenvalue weighted by molar-refractivity contribution is 6.04. The number of halogens is 1. The molecule has 1 aromatic heterocycles. The van der Waals surface area contributed by atoms with E-state index in [4.69, 9.17) is 16.2 Å². The molecule has 0 aliphatic heterocycles. The smallest absolute Gasteiger partial charge is 0.244 e. The molecule has 1 heterocycles. The average Bonchev–Trinajstić information content (AvgIpc) is 2.74. The van der Waals surface area contributed by atoms with Crippen LogP contribution in [0.5, 0.6) is 11.5 Å². The van der Waals surface area contributed by atoms with Gasteiger partial charge in [0.05, 0.1) is 0 Å². The molecule has 6 N–H and O–H groups in total. The summed E-state index contributed by atoms with van der Waals surface area (Å²) in [5, 5.41) is 4.83. The Labute approximate surface area is 182 Å². The highest BCUT2D eigenvalue weighted by atomic mass is 19.1. The average molecular weight is 437 g/mol. The number of amides is 3. The normalized spacial score (nSPS) is 11.3. The Morgan fingerprint density at radius 1 is 1.03 bits per heavy atom. The highest BCUT2D eigenvalue weighted by Gasteiger charge is 2.21. The molecule has 3 rings (SSSR count). The zero-order chi connectivity index (χ0) is 23.1. The largest absolute Gasteiger partial charge is 0.454 e. The van der Waals surface area contributed by atoms with Gasteiger partial charge in [-0.2, -0.15) is 0 Å². The molecule has 0 unspecified atom stereocenters. The van der Waals surface area contributed by atoms with Crippen molar-refractivity contribution in [3.05, 3.63) is 78.2 Å². The number of ether oxygens (including phenoxy) is 1. The predicted octanol–water partition coefficient (Wildman–Crippen LogP) is 2.27. The molecule has 0 aliphatic rings. The molecule has 0 radical (unpaired) electrons. The summed E-state index contributed by atoms with van der Waals surface area (Å²) in [5.74, 6) is -2.49. The minimum atomic E-state index is -1.08. The van der Waals surface area contributed by atoms with Crippen LogP contribution in [-0.4, -0.2) is 22.7 Å². The minimum Gasteiger partial charge on any atom is -0.454 e. The number of aromatic nitrogens is 1. The van der Waals surface area contributed by atoms with E-state index in [1.54, 1.807) is 30.3 Å². The van der Waals surface area contributed by atoms with Crippen LogP contribution in [0.15, 0.2) is 66.9 Å². The van der Waals surface area contributed by atoms with E-state index in [0.717, 1.165) is 6.07 Å². The monoisotopic (exact) mass is 437 g/mol. The molecule has 0 spiro atoms. The van der Waals surface area contributed by atoms with Gasteiger partial charge in [0.25, 0.3) is 0 Å². The van der Waals surface area contributed by atoms with Crippen molar-refractivity contribution in [2.24, 2.45) is 5.73 Å². The number of hydrogen-bond acceptors (Lipinski definition) is 6. The van der Waals surface area contributed by atoms with Crippen molar-refractivity contribution in [3.8, 4) is 11.5 Å². The van der Waals surface area contributed by atoms with E-state index in [0.29, 0.717) is 11.3 Å². The predicted molar refractivity (Wildman–Crippen MR) is 115 cm³/mol. The molecule has 1 atom stereocenters. The fourth-order valence-corrected chi connectivity index (χ4v) is 2.81. The second kappa shape index (κ2) is 10.0. The van der Waals surface area contributed by atoms with Gasteiger partial charge >= 0.3 is 0 Å². The second-order valence-corrected chi connectivity index (χ2v) is 6.70. The van der Waals surface area contributed by atoms with Crippen LogP contribution in [0.2, 0.25) is 0 Å². The Balaban J connectivity index is 1.58. The summed E-state index contributed by atoms with van der Waals surface area (Å²) in [4.78, 5) is 39.9. The molecule has 3 amide bonds. The van der Waals surface area contributed by atoms with Crippen molar-refractivity contribution in [1.82, 2.24) is 10.3 Å². The van der Waals surface area contributed by atoms with Gasteiger partial charge in [0.15, 0.2) is 11.6 Å². The number of nitrogen functional groups attached to an aromatic ring is 1. The van der Waals surface area contributed by atoms with Crippen molar-refractivity contribution < 1.29 is 23.5 Å². The fourth-order valence-electron chi connectivity index (χ4n) is 2.81. The van der Waals surface area contributed by atoms with Gasteiger partial charge in [-0.15, -0.1) is 0 Å². The Morgan fingerprint density at radius 3 is 2.44 bits per heavy atom. The molecule has 0 saturated carbocycles. The van der Waals surface area contributed by atoms with Crippen molar-refractivity contribution >= 4 is 29.2 Å². The summed E-state index contributed by atoms with van der Waals surface area (Å²) >= 11 is 0. The number of primary amides is 1. The lowest BCUT2D eigenvalue weighted by Crippen LogP contribution is -2.38. The second-order valence-electron chi connectivity index (χ2n) is 6.70. The molecule has 3 aromatic rings. The summed E-state index contributed by atoms with van der Waals surface area (Å²) in [6.07, 6.45) is 0.829. The standard InChI is InChI=1S/C22H20FN5O4/c23-16-10-14(6-7-17(16)32-15-8-9-26-18(24)11-15)27-19(29)12-20(30)28-21(22(25)31)13-4-2-1-3-5-13/h1-11,21H,12H2,(H2,24,26)(H2,25,31)(H,27,29)(H,28,30)/t21-/m1/s1. The third-order valence-corrected chi connectivity index (χ3v) is 4.24. The summed E-state index contributed by atoms with van der Waals surface area (Å²) in [6, 6.07) is 14.0. The van der Waals surface area contributed by atoms with Gasteiger partial charge in [-0.1, -0.05) is 30.3 Å². The molecule has 32 heavy (non-hydrogen) atoms. The van der Waals surface area contributed by atoms with Crippen molar-refractivity contribution in [1.29, 1.82) is 0 Å². The van der Waals surface area contributed by atoms with Crippen molar-refractivity contribution in [2.45, 2.75) is 12.5 Å². The van der Waals surface area contributed by atoms with Crippen LogP contribution in [0.1, 0.15) is 18.0 Å². The van der Waals surface area contributed by atoms with E-state index < -0.39 is 36.0 Å². The zero-order valence-corrected chi connectivity index (χ0v) is 16.7. The number of benzene rings is 2. The molecule has 0 aliphatic carbocycles. The van der Waals surface area contributed by atoms with Gasteiger partial charge in [0, 0.05) is 24.0 Å². The number of pyridine rings is 1. The van der Waals surface area contributed by atoms with Gasteiger partial charge in [0.2, 0.25) is 17.7 Å². The lowest BCUT2D eigenvalue weighted by Gasteiger charge is -2.16. The van der Waals surface area contributed by atoms with Crippen LogP contribution in [0, 0.1) is 5.82 Å². The lowest BCUT2D eigenvalue weighted by atomic mass is 10.1. The number of nitrogens with zero attached hydrogens (tertiary/aromatic N) is 1. The van der Waals surface area contributed by atoms with Crippen LogP contribution >= 0.6 is 0 Å². The van der Waals surface area contributed by atoms with Crippen molar-refractivity contribution in [3.63, 3.8) is 0 Å². The summed E-state index contributed by atoms with van der Waals surface area (Å²) in [5.41, 5.74) is 11.5. The first-order chi connectivity index (χ1) is 15.3. The number of rotatable bonds is 8. The van der Waals surface area contributed by atoms with Gasteiger partial charge in [-0.25, -0.2) is 9.37 Å². The van der Waals surface area contributed by atoms with Crippen LogP contribution in [0.4, 0.5) is 15.9 Å². The summed E-state index contributed by atoms with van der Waals surface area (Å²) in [6.45, 7) is 0. The molecular weight excluding hydrogens is 417 g/mol. The van der Waals surface area contributed by atoms with E-state index >= 15 is 0 Å². The Kier molecular flexibility index (Phi) is 6.96. The van der Waals surface area contributed by atoms with Gasteiger partial charge in [0.1, 0.15) is 24.0 Å². The lowest BCUT2D eigenvalue weighted by molar-refractivity contribution is -0.130. The van der Waals surface area contributed by atoms with Gasteiger partial charge < -0.3 is 26.8 Å². The molecule has 2 aromatic carbocycles. The first kappa shape index (κ1) is 22.2. The molecule has 10 heteroatoms. The van der Waals surface area contributed by atoms with Crippen LogP contribution in [0.3, 0.4) is 0 Å². The van der Waals surface area contributed by atoms with Crippen LogP contribution in [-0.2, 0) is 14.4 Å². The number of anilines is 2. The quantitative estimate of drug-likeness (QED) is 0.397. The van der Waals surface area contributed by atoms with Crippen LogP contribution in [0.25, 0.3) is 0 Å². The minimum absolute atomic E-state index is 0.0847. The number of carbonyl (C=O) groups is 3. The number of hydrogen-bond donors (Lipinski definition) is 4. The van der Waals surface area contributed by atoms with E-state index in [-0.39, 0.29) is 17.3 Å². The first-order valence-electron chi connectivity index (χ1n) is 9.44. The molecule has 0 fully saturated rings. The van der Waals surface area contributed by atoms with Gasteiger partial charge in [-0.05, 0) is 23.8 Å². The van der Waals surface area contributed by atoms with Crippen molar-refractivity contribution in [2.75, 3.05) is 11.1 Å². The third kappa shape index (κ3) is 6.02. The highest BCUT2D eigenvalue weighted by Crippen LogP contribution is 2.27. The van der Waals surface area contributed by atoms with E-state index in [1.807, 2.05) is 0 Å². The van der Waals surface area contributed by atoms with E-state index in [9.17, 15) is 18.8 Å². The van der Waals surface area contributed by atoms with Crippen LogP contribution < -0.4 is 26.8 Å². The SMILES string of the molecule is NC(=O)[C@H](NC(=O)CC(=O)Nc1ccc(Oc2ccnc(N)c2)c(F)c1)c1ccccc1. The molecule has 164 valence electrons. The maximum atomic E-state index is 14.3. The Hall–Kier alpha value is -4.47. The fraction of sp³-hybridized carbons (Fsp3) is 0.0909. The van der Waals surface area contributed by atoms with E-state index in [1.165, 1.54) is 30.5 Å². The summed E-state index contributed by atoms with van der Waals surface area (Å²) < 4.78 is 19.8. The maximum Gasteiger partial charge on any atom is 0.244 e. The zero-order valence-electron chi connectivity index (χ0n) is 16.7. The maximum absolute atomic E-state index is 14.3. The summed E-state index contributed by atoms with van der Waals surface area (Å²) in [7, 11) is 0. The Morgan fingerprint density at radius 2 is 1.78 bits per heavy atom. The number of carbonyl (C=O) groups excluding carboxylic acids is 3. The molecular formula is C22H20FN5O4. The first-order valence-corrected chi connectivity index (χ1v) is 9.44. The molecule has 9 nitrogen and oxygen atoms in total. The number of nitrogens with one attached hydrogen (secondary N) is 2. The number of nitrogens with two attached hydrogens (primary N) is 2. The van der Waals surface area contributed by atoms with Gasteiger partial charge in [-0.3, -0.25) is 14.4 Å².